The van der Waals surface area contributed by atoms with Crippen LogP contribution in [0.2, 0.25) is 0 Å². The van der Waals surface area contributed by atoms with Crippen molar-refractivity contribution in [2.24, 2.45) is 11.8 Å². The Morgan fingerprint density at radius 3 is 2.43 bits per heavy atom. The first-order chi connectivity index (χ1) is 10.8. The van der Waals surface area contributed by atoms with E-state index in [1.807, 2.05) is 6.92 Å². The predicted octanol–water partition coefficient (Wildman–Crippen LogP) is 2.00. The van der Waals surface area contributed by atoms with Gasteiger partial charge >= 0.3 is 12.0 Å². The van der Waals surface area contributed by atoms with Gasteiger partial charge in [-0.05, 0) is 52.1 Å². The number of carbonyl (C=O) groups excluding carboxylic acids is 1. The molecule has 0 radical (unpaired) electrons. The molecule has 6 nitrogen and oxygen atoms in total. The molecule has 0 bridgehead atoms. The Balaban J connectivity index is 1.86. The Bertz CT molecular complexity index is 433. The number of piperidine rings is 2. The van der Waals surface area contributed by atoms with Crippen molar-refractivity contribution in [3.63, 3.8) is 0 Å². The normalized spacial score (nSPS) is 26.8. The van der Waals surface area contributed by atoms with Crippen molar-refractivity contribution >= 4 is 12.0 Å². The minimum absolute atomic E-state index is 0.0658. The standard InChI is InChI=1S/C17H31N3O3/c1-13-9-14(15(21)22)11-19(10-13)16(23)18-12-17(2,3)20-7-5-4-6-8-20/h13-14H,4-12H2,1-3H3,(H,18,23)(H,21,22). The monoisotopic (exact) mass is 325 g/mol. The summed E-state index contributed by atoms with van der Waals surface area (Å²) in [6, 6.07) is -0.132. The summed E-state index contributed by atoms with van der Waals surface area (Å²) in [6.45, 7) is 10.1. The van der Waals surface area contributed by atoms with Crippen molar-refractivity contribution in [1.82, 2.24) is 15.1 Å². The maximum absolute atomic E-state index is 12.4. The molecule has 0 aromatic carbocycles. The number of likely N-dealkylation sites (tertiary alicyclic amines) is 2. The first-order valence-corrected chi connectivity index (χ1v) is 8.80. The highest BCUT2D eigenvalue weighted by Crippen LogP contribution is 2.23. The van der Waals surface area contributed by atoms with Gasteiger partial charge in [-0.15, -0.1) is 0 Å². The first-order valence-electron chi connectivity index (χ1n) is 8.80. The molecule has 2 atom stereocenters. The molecule has 2 aliphatic rings. The number of carbonyl (C=O) groups is 2. The molecule has 2 N–H and O–H groups in total. The number of nitrogens with one attached hydrogen (secondary N) is 1. The van der Waals surface area contributed by atoms with Crippen molar-refractivity contribution in [3.8, 4) is 0 Å². The fraction of sp³-hybridized carbons (Fsp3) is 0.882. The highest BCUT2D eigenvalue weighted by Gasteiger charge is 2.33. The van der Waals surface area contributed by atoms with E-state index in [-0.39, 0.29) is 17.5 Å². The maximum Gasteiger partial charge on any atom is 0.317 e. The lowest BCUT2D eigenvalue weighted by Gasteiger charge is -2.42. The van der Waals surface area contributed by atoms with Crippen LogP contribution in [-0.2, 0) is 4.79 Å². The molecule has 2 heterocycles. The van der Waals surface area contributed by atoms with Crippen LogP contribution in [0, 0.1) is 11.8 Å². The minimum Gasteiger partial charge on any atom is -0.481 e. The number of aliphatic carboxylic acids is 1. The summed E-state index contributed by atoms with van der Waals surface area (Å²) >= 11 is 0. The molecule has 132 valence electrons. The Kier molecular flexibility index (Phi) is 5.89. The average molecular weight is 325 g/mol. The second-order valence-electron chi connectivity index (χ2n) is 7.80. The molecule has 6 heteroatoms. The van der Waals surface area contributed by atoms with Crippen molar-refractivity contribution in [3.05, 3.63) is 0 Å². The molecule has 0 aliphatic carbocycles. The third kappa shape index (κ3) is 4.83. The van der Waals surface area contributed by atoms with E-state index in [0.29, 0.717) is 26.1 Å². The van der Waals surface area contributed by atoms with Crippen molar-refractivity contribution in [2.75, 3.05) is 32.7 Å². The van der Waals surface area contributed by atoms with E-state index >= 15 is 0 Å². The van der Waals surface area contributed by atoms with E-state index in [9.17, 15) is 14.7 Å². The second-order valence-corrected chi connectivity index (χ2v) is 7.80. The number of carboxylic acid groups (broad SMARTS) is 1. The predicted molar refractivity (Wildman–Crippen MR) is 89.4 cm³/mol. The fourth-order valence-corrected chi connectivity index (χ4v) is 3.71. The van der Waals surface area contributed by atoms with Gasteiger partial charge in [-0.2, -0.15) is 0 Å². The molecule has 2 saturated heterocycles. The van der Waals surface area contributed by atoms with Gasteiger partial charge in [0, 0.05) is 25.2 Å². The lowest BCUT2D eigenvalue weighted by molar-refractivity contribution is -0.143. The van der Waals surface area contributed by atoms with Gasteiger partial charge in [0.2, 0.25) is 0 Å². The molecule has 2 aliphatic heterocycles. The molecule has 0 aromatic rings. The Labute approximate surface area is 139 Å². The van der Waals surface area contributed by atoms with Gasteiger partial charge in [-0.25, -0.2) is 4.79 Å². The number of amides is 2. The van der Waals surface area contributed by atoms with Crippen LogP contribution in [0.1, 0.15) is 46.5 Å². The van der Waals surface area contributed by atoms with E-state index < -0.39 is 11.9 Å². The van der Waals surface area contributed by atoms with Crippen molar-refractivity contribution < 1.29 is 14.7 Å². The third-order valence-corrected chi connectivity index (χ3v) is 5.18. The molecular formula is C17H31N3O3. The molecule has 0 saturated carbocycles. The molecule has 2 rings (SSSR count). The summed E-state index contributed by atoms with van der Waals surface area (Å²) < 4.78 is 0. The van der Waals surface area contributed by atoms with Crippen LogP contribution >= 0.6 is 0 Å². The van der Waals surface area contributed by atoms with Crippen LogP contribution in [-0.4, -0.2) is 65.2 Å². The SMILES string of the molecule is CC1CC(C(=O)O)CN(C(=O)NCC(C)(C)N2CCCCC2)C1. The number of nitrogens with zero attached hydrogens (tertiary/aromatic N) is 2. The quantitative estimate of drug-likeness (QED) is 0.829. The zero-order valence-electron chi connectivity index (χ0n) is 14.7. The van der Waals surface area contributed by atoms with E-state index in [0.717, 1.165) is 13.1 Å². The largest absolute Gasteiger partial charge is 0.481 e. The van der Waals surface area contributed by atoms with Crippen LogP contribution in [0.4, 0.5) is 4.79 Å². The summed E-state index contributed by atoms with van der Waals surface area (Å²) in [4.78, 5) is 27.8. The summed E-state index contributed by atoms with van der Waals surface area (Å²) in [6.07, 6.45) is 4.39. The molecule has 23 heavy (non-hydrogen) atoms. The molecule has 2 fully saturated rings. The molecule has 0 spiro atoms. The number of rotatable bonds is 4. The lowest BCUT2D eigenvalue weighted by Crippen LogP contribution is -2.56. The molecule has 2 amide bonds. The zero-order chi connectivity index (χ0) is 17.0. The molecule has 2 unspecified atom stereocenters. The summed E-state index contributed by atoms with van der Waals surface area (Å²) in [5, 5.41) is 12.2. The Hall–Kier alpha value is -1.30. The average Bonchev–Trinajstić information content (AvgIpc) is 2.53. The smallest absolute Gasteiger partial charge is 0.317 e. The fourth-order valence-electron chi connectivity index (χ4n) is 3.71. The third-order valence-electron chi connectivity index (χ3n) is 5.18. The number of urea groups is 1. The highest BCUT2D eigenvalue weighted by atomic mass is 16.4. The Morgan fingerprint density at radius 2 is 1.83 bits per heavy atom. The zero-order valence-corrected chi connectivity index (χ0v) is 14.7. The Morgan fingerprint density at radius 1 is 1.17 bits per heavy atom. The summed E-state index contributed by atoms with van der Waals surface area (Å²) in [7, 11) is 0. The van der Waals surface area contributed by atoms with Crippen LogP contribution in [0.15, 0.2) is 0 Å². The van der Waals surface area contributed by atoms with Gasteiger partial charge in [0.05, 0.1) is 5.92 Å². The summed E-state index contributed by atoms with van der Waals surface area (Å²) in [5.41, 5.74) is -0.0658. The topological polar surface area (TPSA) is 72.9 Å². The van der Waals surface area contributed by atoms with Gasteiger partial charge in [-0.1, -0.05) is 13.3 Å². The van der Waals surface area contributed by atoms with E-state index in [1.165, 1.54) is 19.3 Å². The molecular weight excluding hydrogens is 294 g/mol. The van der Waals surface area contributed by atoms with E-state index in [4.69, 9.17) is 0 Å². The van der Waals surface area contributed by atoms with E-state index in [1.54, 1.807) is 4.90 Å². The number of carboxylic acids is 1. The van der Waals surface area contributed by atoms with Crippen LogP contribution in [0.25, 0.3) is 0 Å². The van der Waals surface area contributed by atoms with Gasteiger partial charge in [0.1, 0.15) is 0 Å². The van der Waals surface area contributed by atoms with Gasteiger partial charge < -0.3 is 15.3 Å². The van der Waals surface area contributed by atoms with Gasteiger partial charge in [0.25, 0.3) is 0 Å². The van der Waals surface area contributed by atoms with Crippen molar-refractivity contribution in [2.45, 2.75) is 52.0 Å². The van der Waals surface area contributed by atoms with Gasteiger partial charge in [0.15, 0.2) is 0 Å². The van der Waals surface area contributed by atoms with Crippen molar-refractivity contribution in [1.29, 1.82) is 0 Å². The van der Waals surface area contributed by atoms with E-state index in [2.05, 4.69) is 24.1 Å². The van der Waals surface area contributed by atoms with Crippen LogP contribution < -0.4 is 5.32 Å². The second kappa shape index (κ2) is 7.51. The van der Waals surface area contributed by atoms with Crippen LogP contribution in [0.5, 0.6) is 0 Å². The maximum atomic E-state index is 12.4. The summed E-state index contributed by atoms with van der Waals surface area (Å²) in [5.74, 6) is -1.02. The molecule has 0 aromatic heterocycles. The van der Waals surface area contributed by atoms with Gasteiger partial charge in [-0.3, -0.25) is 9.69 Å². The lowest BCUT2D eigenvalue weighted by atomic mass is 9.91. The number of hydrogen-bond acceptors (Lipinski definition) is 3. The highest BCUT2D eigenvalue weighted by molar-refractivity contribution is 5.76. The van der Waals surface area contributed by atoms with Crippen LogP contribution in [0.3, 0.4) is 0 Å². The minimum atomic E-state index is -0.803. The first kappa shape index (κ1) is 18.0. The number of hydrogen-bond donors (Lipinski definition) is 2.